The Kier molecular flexibility index (Phi) is 2.63. The van der Waals surface area contributed by atoms with Crippen molar-refractivity contribution in [2.24, 2.45) is 11.7 Å². The van der Waals surface area contributed by atoms with E-state index in [1.807, 2.05) is 0 Å². The monoisotopic (exact) mass is 193 g/mol. The minimum Gasteiger partial charge on any atom is -0.326 e. The van der Waals surface area contributed by atoms with Crippen LogP contribution in [0.4, 0.5) is 0 Å². The highest BCUT2D eigenvalue weighted by Gasteiger charge is 2.18. The number of H-pyrrole nitrogens is 1. The van der Waals surface area contributed by atoms with Crippen molar-refractivity contribution in [3.05, 3.63) is 27.9 Å². The van der Waals surface area contributed by atoms with Crippen molar-refractivity contribution < 1.29 is 0 Å². The van der Waals surface area contributed by atoms with Crippen molar-refractivity contribution in [3.63, 3.8) is 0 Å². The Labute approximate surface area is 82.6 Å². The first-order valence-corrected chi connectivity index (χ1v) is 5.06. The molecule has 3 N–H and O–H groups in total. The van der Waals surface area contributed by atoms with Crippen LogP contribution in [0.2, 0.25) is 0 Å². The van der Waals surface area contributed by atoms with E-state index in [1.165, 1.54) is 19.3 Å². The molecule has 1 aliphatic rings. The molecular formula is C10H15N3O. The van der Waals surface area contributed by atoms with Crippen molar-refractivity contribution in [2.75, 3.05) is 0 Å². The molecule has 1 aliphatic carbocycles. The molecule has 0 bridgehead atoms. The maximum Gasteiger partial charge on any atom is 0.255 e. The van der Waals surface area contributed by atoms with Crippen LogP contribution in [0.3, 0.4) is 0 Å². The van der Waals surface area contributed by atoms with Gasteiger partial charge in [0.05, 0.1) is 0 Å². The second kappa shape index (κ2) is 3.92. The first kappa shape index (κ1) is 9.40. The van der Waals surface area contributed by atoms with Gasteiger partial charge in [-0.05, 0) is 5.92 Å². The van der Waals surface area contributed by atoms with Gasteiger partial charge in [0.15, 0.2) is 0 Å². The average Bonchev–Trinajstić information content (AvgIpc) is 2.12. The van der Waals surface area contributed by atoms with Crippen LogP contribution >= 0.6 is 0 Å². The van der Waals surface area contributed by atoms with E-state index in [9.17, 15) is 4.79 Å². The molecule has 1 heterocycles. The Morgan fingerprint density at radius 3 is 2.86 bits per heavy atom. The van der Waals surface area contributed by atoms with E-state index >= 15 is 0 Å². The fourth-order valence-electron chi connectivity index (χ4n) is 1.68. The highest BCUT2D eigenvalue weighted by Crippen LogP contribution is 2.28. The van der Waals surface area contributed by atoms with E-state index < -0.39 is 0 Å². The Bertz CT molecular complexity index is 368. The minimum atomic E-state index is -0.0863. The van der Waals surface area contributed by atoms with Crippen LogP contribution in [-0.2, 0) is 13.0 Å². The second-order valence-corrected chi connectivity index (χ2v) is 3.89. The zero-order valence-electron chi connectivity index (χ0n) is 8.12. The maximum atomic E-state index is 11.4. The maximum absolute atomic E-state index is 11.4. The molecule has 0 unspecified atom stereocenters. The lowest BCUT2D eigenvalue weighted by atomic mass is 9.83. The molecule has 0 radical (unpaired) electrons. The molecule has 0 amide bonds. The van der Waals surface area contributed by atoms with Crippen molar-refractivity contribution in [1.29, 1.82) is 0 Å². The number of nitrogens with two attached hydrogens (primary N) is 1. The Balaban J connectivity index is 2.11. The molecule has 0 aromatic carbocycles. The quantitative estimate of drug-likeness (QED) is 0.737. The van der Waals surface area contributed by atoms with Gasteiger partial charge >= 0.3 is 0 Å². The van der Waals surface area contributed by atoms with Crippen LogP contribution < -0.4 is 11.3 Å². The first-order chi connectivity index (χ1) is 6.79. The van der Waals surface area contributed by atoms with Crippen LogP contribution in [0, 0.1) is 5.92 Å². The summed E-state index contributed by atoms with van der Waals surface area (Å²) in [6.07, 6.45) is 6.34. The predicted octanol–water partition coefficient (Wildman–Crippen LogP) is 0.571. The van der Waals surface area contributed by atoms with Crippen molar-refractivity contribution >= 4 is 0 Å². The number of hydrogen-bond donors (Lipinski definition) is 2. The van der Waals surface area contributed by atoms with Gasteiger partial charge in [0.1, 0.15) is 5.82 Å². The van der Waals surface area contributed by atoms with Gasteiger partial charge in [-0.15, -0.1) is 0 Å². The lowest BCUT2D eigenvalue weighted by molar-refractivity contribution is 0.309. The number of hydrogen-bond acceptors (Lipinski definition) is 3. The van der Waals surface area contributed by atoms with E-state index in [1.54, 1.807) is 6.20 Å². The van der Waals surface area contributed by atoms with Crippen LogP contribution in [0.1, 0.15) is 30.7 Å². The summed E-state index contributed by atoms with van der Waals surface area (Å²) in [5, 5.41) is 0. The Morgan fingerprint density at radius 1 is 1.57 bits per heavy atom. The smallest absolute Gasteiger partial charge is 0.255 e. The molecule has 4 nitrogen and oxygen atoms in total. The summed E-state index contributed by atoms with van der Waals surface area (Å²) in [6, 6.07) is 0. The van der Waals surface area contributed by atoms with E-state index in [0.717, 1.165) is 18.2 Å². The number of nitrogens with zero attached hydrogens (tertiary/aromatic N) is 1. The lowest BCUT2D eigenvalue weighted by Crippen LogP contribution is -2.22. The number of nitrogens with one attached hydrogen (secondary N) is 1. The normalized spacial score (nSPS) is 16.6. The average molecular weight is 193 g/mol. The first-order valence-electron chi connectivity index (χ1n) is 5.06. The van der Waals surface area contributed by atoms with Gasteiger partial charge in [0.2, 0.25) is 0 Å². The standard InChI is InChI=1S/C10H15N3O/c11-5-8-6-12-9(13-10(8)14)4-7-2-1-3-7/h6-7H,1-5,11H2,(H,12,13,14). The molecule has 4 heteroatoms. The van der Waals surface area contributed by atoms with Gasteiger partial charge in [-0.25, -0.2) is 4.98 Å². The summed E-state index contributed by atoms with van der Waals surface area (Å²) >= 11 is 0. The molecule has 2 rings (SSSR count). The summed E-state index contributed by atoms with van der Waals surface area (Å²) in [7, 11) is 0. The van der Waals surface area contributed by atoms with Crippen molar-refractivity contribution in [2.45, 2.75) is 32.2 Å². The molecule has 0 spiro atoms. The highest BCUT2D eigenvalue weighted by atomic mass is 16.1. The zero-order valence-corrected chi connectivity index (χ0v) is 8.12. The fraction of sp³-hybridized carbons (Fsp3) is 0.600. The molecular weight excluding hydrogens is 178 g/mol. The lowest BCUT2D eigenvalue weighted by Gasteiger charge is -2.24. The summed E-state index contributed by atoms with van der Waals surface area (Å²) < 4.78 is 0. The third kappa shape index (κ3) is 1.85. The van der Waals surface area contributed by atoms with E-state index in [4.69, 9.17) is 5.73 Å². The van der Waals surface area contributed by atoms with E-state index in [-0.39, 0.29) is 12.1 Å². The third-order valence-electron chi connectivity index (χ3n) is 2.85. The molecule has 14 heavy (non-hydrogen) atoms. The summed E-state index contributed by atoms with van der Waals surface area (Å²) in [4.78, 5) is 18.4. The highest BCUT2D eigenvalue weighted by molar-refractivity contribution is 5.05. The van der Waals surface area contributed by atoms with Gasteiger partial charge in [0, 0.05) is 24.7 Å². The van der Waals surface area contributed by atoms with Crippen LogP contribution in [0.15, 0.2) is 11.0 Å². The summed E-state index contributed by atoms with van der Waals surface area (Å²) in [6.45, 7) is 0.256. The predicted molar refractivity (Wildman–Crippen MR) is 53.8 cm³/mol. The van der Waals surface area contributed by atoms with E-state index in [0.29, 0.717) is 5.56 Å². The molecule has 0 aliphatic heterocycles. The molecule has 0 atom stereocenters. The van der Waals surface area contributed by atoms with Gasteiger partial charge in [-0.1, -0.05) is 19.3 Å². The summed E-state index contributed by atoms with van der Waals surface area (Å²) in [5.74, 6) is 1.53. The SMILES string of the molecule is NCc1cnc(CC2CCC2)[nH]c1=O. The second-order valence-electron chi connectivity index (χ2n) is 3.89. The van der Waals surface area contributed by atoms with Crippen molar-refractivity contribution in [1.82, 2.24) is 9.97 Å². The van der Waals surface area contributed by atoms with Gasteiger partial charge in [0.25, 0.3) is 5.56 Å². The number of aromatic nitrogens is 2. The van der Waals surface area contributed by atoms with Crippen LogP contribution in [-0.4, -0.2) is 9.97 Å². The minimum absolute atomic E-state index is 0.0863. The van der Waals surface area contributed by atoms with Gasteiger partial charge in [-0.2, -0.15) is 0 Å². The molecule has 1 aromatic heterocycles. The largest absolute Gasteiger partial charge is 0.326 e. The number of rotatable bonds is 3. The molecule has 1 saturated carbocycles. The molecule has 1 fully saturated rings. The van der Waals surface area contributed by atoms with Crippen LogP contribution in [0.25, 0.3) is 0 Å². The molecule has 1 aromatic rings. The third-order valence-corrected chi connectivity index (χ3v) is 2.85. The van der Waals surface area contributed by atoms with E-state index in [2.05, 4.69) is 9.97 Å². The molecule has 0 saturated heterocycles. The zero-order chi connectivity index (χ0) is 9.97. The Morgan fingerprint density at radius 2 is 2.36 bits per heavy atom. The van der Waals surface area contributed by atoms with Crippen LogP contribution in [0.5, 0.6) is 0 Å². The Hall–Kier alpha value is -1.16. The van der Waals surface area contributed by atoms with Crippen molar-refractivity contribution in [3.8, 4) is 0 Å². The van der Waals surface area contributed by atoms with Gasteiger partial charge in [-0.3, -0.25) is 4.79 Å². The van der Waals surface area contributed by atoms with Gasteiger partial charge < -0.3 is 10.7 Å². The summed E-state index contributed by atoms with van der Waals surface area (Å²) in [5.41, 5.74) is 5.85. The topological polar surface area (TPSA) is 71.8 Å². The fourth-order valence-corrected chi connectivity index (χ4v) is 1.68. The molecule has 76 valence electrons. The number of aromatic amines is 1.